The third-order valence-corrected chi connectivity index (χ3v) is 4.29. The van der Waals surface area contributed by atoms with Crippen LogP contribution in [0.4, 0.5) is 11.4 Å². The number of carbonyl (C=O) groups excluding carboxylic acids is 1. The minimum Gasteiger partial charge on any atom is -0.462 e. The largest absolute Gasteiger partial charge is 0.462 e. The van der Waals surface area contributed by atoms with Crippen LogP contribution in [0.1, 0.15) is 40.5 Å². The van der Waals surface area contributed by atoms with Gasteiger partial charge in [0.25, 0.3) is 0 Å². The fourth-order valence-electron chi connectivity index (χ4n) is 3.10. The van der Waals surface area contributed by atoms with E-state index in [1.54, 1.807) is 12.1 Å². The van der Waals surface area contributed by atoms with E-state index in [4.69, 9.17) is 4.74 Å². The van der Waals surface area contributed by atoms with Crippen molar-refractivity contribution in [2.45, 2.75) is 34.1 Å². The van der Waals surface area contributed by atoms with E-state index in [1.165, 1.54) is 11.1 Å². The van der Waals surface area contributed by atoms with Crippen LogP contribution < -0.4 is 10.3 Å². The Morgan fingerprint density at radius 2 is 1.81 bits per heavy atom. The number of anilines is 2. The Bertz CT molecular complexity index is 947. The van der Waals surface area contributed by atoms with Crippen molar-refractivity contribution < 1.29 is 14.5 Å². The first-order valence-corrected chi connectivity index (χ1v) is 8.96. The topological polar surface area (TPSA) is 52.5 Å². The lowest BCUT2D eigenvalue weighted by molar-refractivity contribution is -0.354. The summed E-state index contributed by atoms with van der Waals surface area (Å²) in [7, 11) is 0. The van der Waals surface area contributed by atoms with E-state index in [9.17, 15) is 4.79 Å². The molecule has 0 spiro atoms. The molecule has 0 aliphatic heterocycles. The molecule has 2 N–H and O–H groups in total. The predicted octanol–water partition coefficient (Wildman–Crippen LogP) is 4.89. The zero-order valence-corrected chi connectivity index (χ0v) is 15.8. The second-order valence-corrected chi connectivity index (χ2v) is 6.71. The summed E-state index contributed by atoms with van der Waals surface area (Å²) in [4.78, 5) is 15.4. The monoisotopic (exact) mass is 349 g/mol. The summed E-state index contributed by atoms with van der Waals surface area (Å²) in [5.41, 5.74) is 7.22. The van der Waals surface area contributed by atoms with Crippen molar-refractivity contribution in [3.63, 3.8) is 0 Å². The van der Waals surface area contributed by atoms with E-state index in [0.717, 1.165) is 34.4 Å². The van der Waals surface area contributed by atoms with Gasteiger partial charge in [0.1, 0.15) is 0 Å². The molecular weight excluding hydrogens is 324 g/mol. The first kappa shape index (κ1) is 17.9. The van der Waals surface area contributed by atoms with Crippen molar-refractivity contribution in [1.82, 2.24) is 0 Å². The van der Waals surface area contributed by atoms with Gasteiger partial charge in [-0.05, 0) is 62.2 Å². The van der Waals surface area contributed by atoms with Crippen LogP contribution in [0.15, 0.2) is 42.5 Å². The molecule has 0 saturated heterocycles. The van der Waals surface area contributed by atoms with Crippen LogP contribution in [-0.2, 0) is 4.74 Å². The van der Waals surface area contributed by atoms with Gasteiger partial charge in [0.15, 0.2) is 5.69 Å². The summed E-state index contributed by atoms with van der Waals surface area (Å²) >= 11 is 0. The maximum Gasteiger partial charge on any atom is 0.338 e. The summed E-state index contributed by atoms with van der Waals surface area (Å²) in [5, 5.41) is 4.63. The van der Waals surface area contributed by atoms with E-state index in [2.05, 4.69) is 49.3 Å². The third-order valence-electron chi connectivity index (χ3n) is 4.29. The maximum atomic E-state index is 11.9. The summed E-state index contributed by atoms with van der Waals surface area (Å²) in [6.07, 6.45) is 0.821. The van der Waals surface area contributed by atoms with Crippen molar-refractivity contribution in [1.29, 1.82) is 0 Å². The highest BCUT2D eigenvalue weighted by Crippen LogP contribution is 2.28. The molecule has 134 valence electrons. The number of hydrogen-bond acceptors (Lipinski definition) is 3. The van der Waals surface area contributed by atoms with Crippen molar-refractivity contribution in [2.75, 3.05) is 11.9 Å². The van der Waals surface area contributed by atoms with Crippen molar-refractivity contribution in [2.24, 2.45) is 0 Å². The fraction of sp³-hybridized carbons (Fsp3) is 0.273. The molecule has 4 heteroatoms. The molecule has 26 heavy (non-hydrogen) atoms. The van der Waals surface area contributed by atoms with Gasteiger partial charge in [-0.1, -0.05) is 6.92 Å². The molecule has 3 aromatic rings. The van der Waals surface area contributed by atoms with E-state index >= 15 is 0 Å². The Labute approximate surface area is 154 Å². The van der Waals surface area contributed by atoms with E-state index < -0.39 is 0 Å². The molecular formula is C22H25N2O2+. The number of H-pyrrole nitrogens is 1. The number of nitrogens with one attached hydrogen (secondary N) is 2. The van der Waals surface area contributed by atoms with Gasteiger partial charge >= 0.3 is 5.97 Å². The van der Waals surface area contributed by atoms with Gasteiger partial charge < -0.3 is 10.1 Å². The van der Waals surface area contributed by atoms with Gasteiger partial charge in [-0.25, -0.2) is 9.78 Å². The van der Waals surface area contributed by atoms with Gasteiger partial charge in [-0.2, -0.15) is 0 Å². The number of esters is 1. The number of aromatic nitrogens is 1. The summed E-state index contributed by atoms with van der Waals surface area (Å²) in [6.45, 7) is 8.70. The highest BCUT2D eigenvalue weighted by molar-refractivity contribution is 5.94. The Kier molecular flexibility index (Phi) is 5.21. The molecule has 3 rings (SSSR count). The number of aryl methyl sites for hydroxylation is 3. The van der Waals surface area contributed by atoms with Gasteiger partial charge in [-0.3, -0.25) is 0 Å². The highest BCUT2D eigenvalue weighted by Gasteiger charge is 2.13. The Morgan fingerprint density at radius 3 is 2.50 bits per heavy atom. The minimum absolute atomic E-state index is 0.278. The molecule has 4 nitrogen and oxygen atoms in total. The molecule has 0 amide bonds. The predicted molar refractivity (Wildman–Crippen MR) is 105 cm³/mol. The van der Waals surface area contributed by atoms with Crippen LogP contribution in [0.2, 0.25) is 0 Å². The number of pyridine rings is 1. The molecule has 0 unspecified atom stereocenters. The Balaban J connectivity index is 1.90. The molecule has 0 aliphatic carbocycles. The summed E-state index contributed by atoms with van der Waals surface area (Å²) in [5.74, 6) is -0.278. The Hall–Kier alpha value is -2.88. The normalized spacial score (nSPS) is 10.8. The molecule has 0 fully saturated rings. The van der Waals surface area contributed by atoms with E-state index in [0.29, 0.717) is 12.2 Å². The number of aromatic amines is 1. The summed E-state index contributed by atoms with van der Waals surface area (Å²) in [6, 6.07) is 13.9. The van der Waals surface area contributed by atoms with Gasteiger partial charge in [0.05, 0.1) is 23.2 Å². The van der Waals surface area contributed by atoms with Gasteiger partial charge in [-0.15, -0.1) is 0 Å². The second-order valence-electron chi connectivity index (χ2n) is 6.71. The fourth-order valence-corrected chi connectivity index (χ4v) is 3.10. The van der Waals surface area contributed by atoms with Crippen molar-refractivity contribution in [3.05, 3.63) is 64.8 Å². The van der Waals surface area contributed by atoms with Gasteiger partial charge in [0.2, 0.25) is 5.52 Å². The molecule has 1 heterocycles. The number of rotatable bonds is 5. The second kappa shape index (κ2) is 7.56. The molecule has 0 radical (unpaired) electrons. The highest BCUT2D eigenvalue weighted by atomic mass is 16.5. The average molecular weight is 349 g/mol. The lowest BCUT2D eigenvalue weighted by Crippen LogP contribution is -2.11. The van der Waals surface area contributed by atoms with E-state index in [1.807, 2.05) is 19.1 Å². The zero-order valence-electron chi connectivity index (χ0n) is 15.8. The Morgan fingerprint density at radius 1 is 1.08 bits per heavy atom. The molecule has 2 aromatic carbocycles. The molecule has 0 aliphatic rings. The number of fused-ring (bicyclic) bond motifs is 1. The van der Waals surface area contributed by atoms with Crippen LogP contribution in [0.25, 0.3) is 10.9 Å². The number of carbonyl (C=O) groups is 1. The van der Waals surface area contributed by atoms with Crippen LogP contribution in [0, 0.1) is 20.8 Å². The molecule has 1 aromatic heterocycles. The lowest BCUT2D eigenvalue weighted by Gasteiger charge is -2.11. The van der Waals surface area contributed by atoms with Crippen molar-refractivity contribution in [3.8, 4) is 0 Å². The first-order chi connectivity index (χ1) is 12.5. The third kappa shape index (κ3) is 3.85. The smallest absolute Gasteiger partial charge is 0.338 e. The molecule has 0 atom stereocenters. The zero-order chi connectivity index (χ0) is 18.7. The number of ether oxygens (including phenoxy) is 1. The van der Waals surface area contributed by atoms with Crippen LogP contribution in [-0.4, -0.2) is 12.6 Å². The molecule has 0 saturated carbocycles. The standard InChI is InChI=1S/C22H24N2O2/c1-5-10-26-22(25)17-6-8-18(9-7-17)24-20-13-16(4)23-21-15(3)11-14(2)12-19(20)21/h6-9,11-13H,5,10H2,1-4H3,(H,23,24)/p+1. The van der Waals surface area contributed by atoms with Crippen LogP contribution in [0.3, 0.4) is 0 Å². The number of benzene rings is 2. The van der Waals surface area contributed by atoms with Crippen molar-refractivity contribution >= 4 is 28.2 Å². The summed E-state index contributed by atoms with van der Waals surface area (Å²) < 4.78 is 5.17. The first-order valence-electron chi connectivity index (χ1n) is 8.96. The maximum absolute atomic E-state index is 11.9. The molecule has 0 bridgehead atoms. The number of hydrogen-bond donors (Lipinski definition) is 1. The van der Waals surface area contributed by atoms with Crippen LogP contribution >= 0.6 is 0 Å². The average Bonchev–Trinajstić information content (AvgIpc) is 2.61. The SMILES string of the molecule is CCCOC(=O)c1ccc(Nc2cc(C)[nH+]c3c(C)cc(C)cc23)cc1. The van der Waals surface area contributed by atoms with Crippen LogP contribution in [0.5, 0.6) is 0 Å². The van der Waals surface area contributed by atoms with E-state index in [-0.39, 0.29) is 5.97 Å². The van der Waals surface area contributed by atoms with Gasteiger partial charge in [0, 0.05) is 24.2 Å². The lowest BCUT2D eigenvalue weighted by atomic mass is 10.0. The minimum atomic E-state index is -0.278. The quantitative estimate of drug-likeness (QED) is 0.667.